The SMILES string of the molecule is CCCn1c(N)c(N(CCOC)C(=O)CSc2cc(C)c(Br)cc2C)c(=O)[nH]c1=O. The Morgan fingerprint density at radius 2 is 2.00 bits per heavy atom. The first-order valence-corrected chi connectivity index (χ1v) is 11.3. The van der Waals surface area contributed by atoms with Crippen LogP contribution in [0.2, 0.25) is 0 Å². The van der Waals surface area contributed by atoms with Crippen LogP contribution < -0.4 is 21.9 Å². The number of H-pyrrole nitrogens is 1. The third-order valence-corrected chi connectivity index (χ3v) is 6.56. The van der Waals surface area contributed by atoms with E-state index in [0.717, 1.165) is 20.5 Å². The highest BCUT2D eigenvalue weighted by atomic mass is 79.9. The van der Waals surface area contributed by atoms with Crippen molar-refractivity contribution in [3.05, 3.63) is 48.6 Å². The van der Waals surface area contributed by atoms with Crippen molar-refractivity contribution in [2.75, 3.05) is 36.6 Å². The Balaban J connectivity index is 2.37. The van der Waals surface area contributed by atoms with Gasteiger partial charge < -0.3 is 15.4 Å². The standard InChI is InChI=1S/C20H27BrN4O4S/c1-5-6-25-18(22)17(19(27)23-20(25)28)24(7-8-29-4)16(26)11-30-15-10-12(2)14(21)9-13(15)3/h9-10H,5-8,11,22H2,1-4H3,(H,23,27,28). The summed E-state index contributed by atoms with van der Waals surface area (Å²) in [6.45, 7) is 6.56. The van der Waals surface area contributed by atoms with Crippen molar-refractivity contribution in [2.45, 2.75) is 38.6 Å². The fourth-order valence-electron chi connectivity index (χ4n) is 2.95. The molecule has 0 unspecified atom stereocenters. The van der Waals surface area contributed by atoms with Crippen LogP contribution in [-0.4, -0.2) is 41.5 Å². The largest absolute Gasteiger partial charge is 0.383 e. The van der Waals surface area contributed by atoms with Gasteiger partial charge in [-0.05, 0) is 43.5 Å². The predicted molar refractivity (Wildman–Crippen MR) is 125 cm³/mol. The number of halogens is 1. The molecule has 0 atom stereocenters. The average Bonchev–Trinajstić information content (AvgIpc) is 2.69. The van der Waals surface area contributed by atoms with Crippen LogP contribution in [0.15, 0.2) is 31.1 Å². The molecule has 3 N–H and O–H groups in total. The second-order valence-corrected chi connectivity index (χ2v) is 8.71. The summed E-state index contributed by atoms with van der Waals surface area (Å²) in [6, 6.07) is 4.02. The number of nitrogens with zero attached hydrogens (tertiary/aromatic N) is 2. The number of nitrogens with two attached hydrogens (primary N) is 1. The number of anilines is 2. The lowest BCUT2D eigenvalue weighted by molar-refractivity contribution is -0.116. The summed E-state index contributed by atoms with van der Waals surface area (Å²) >= 11 is 4.89. The van der Waals surface area contributed by atoms with Gasteiger partial charge in [-0.1, -0.05) is 22.9 Å². The molecule has 10 heteroatoms. The molecule has 8 nitrogen and oxygen atoms in total. The number of methoxy groups -OCH3 is 1. The normalized spacial score (nSPS) is 11.0. The quantitative estimate of drug-likeness (QED) is 0.514. The highest BCUT2D eigenvalue weighted by Crippen LogP contribution is 2.29. The lowest BCUT2D eigenvalue weighted by atomic mass is 10.2. The van der Waals surface area contributed by atoms with E-state index in [1.165, 1.54) is 28.3 Å². The third kappa shape index (κ3) is 5.55. The minimum absolute atomic E-state index is 0.0179. The summed E-state index contributed by atoms with van der Waals surface area (Å²) < 4.78 is 7.39. The zero-order chi connectivity index (χ0) is 22.4. The van der Waals surface area contributed by atoms with Gasteiger partial charge in [0.1, 0.15) is 5.82 Å². The van der Waals surface area contributed by atoms with E-state index in [0.29, 0.717) is 13.0 Å². The number of thioether (sulfide) groups is 1. The average molecular weight is 499 g/mol. The number of aryl methyl sites for hydroxylation is 2. The molecule has 1 heterocycles. The molecule has 0 spiro atoms. The lowest BCUT2D eigenvalue weighted by Crippen LogP contribution is -2.43. The second-order valence-electron chi connectivity index (χ2n) is 6.84. The molecular formula is C20H27BrN4O4S. The maximum atomic E-state index is 13.1. The monoisotopic (exact) mass is 498 g/mol. The van der Waals surface area contributed by atoms with Gasteiger partial charge in [0.05, 0.1) is 12.4 Å². The number of nitrogen functional groups attached to an aromatic ring is 1. The van der Waals surface area contributed by atoms with Gasteiger partial charge in [-0.15, -0.1) is 11.8 Å². The van der Waals surface area contributed by atoms with Gasteiger partial charge in [-0.25, -0.2) is 4.79 Å². The van der Waals surface area contributed by atoms with Crippen LogP contribution in [0.25, 0.3) is 0 Å². The number of rotatable bonds is 9. The van der Waals surface area contributed by atoms with Crippen molar-refractivity contribution in [1.82, 2.24) is 9.55 Å². The van der Waals surface area contributed by atoms with E-state index >= 15 is 0 Å². The van der Waals surface area contributed by atoms with Crippen LogP contribution in [0.1, 0.15) is 24.5 Å². The Bertz CT molecular complexity index is 1030. The van der Waals surface area contributed by atoms with Crippen LogP contribution in [-0.2, 0) is 16.1 Å². The molecule has 1 aromatic carbocycles. The summed E-state index contributed by atoms with van der Waals surface area (Å²) in [7, 11) is 1.51. The van der Waals surface area contributed by atoms with Crippen molar-refractivity contribution in [1.29, 1.82) is 0 Å². The third-order valence-electron chi connectivity index (χ3n) is 4.56. The van der Waals surface area contributed by atoms with Gasteiger partial charge in [-0.3, -0.25) is 19.1 Å². The molecule has 0 radical (unpaired) electrons. The molecule has 0 saturated carbocycles. The Hall–Kier alpha value is -2.04. The number of hydrogen-bond donors (Lipinski definition) is 2. The zero-order valence-electron chi connectivity index (χ0n) is 17.6. The minimum atomic E-state index is -0.685. The van der Waals surface area contributed by atoms with E-state index in [4.69, 9.17) is 10.5 Å². The number of carbonyl (C=O) groups is 1. The Labute approximate surface area is 187 Å². The first-order chi connectivity index (χ1) is 14.2. The number of carbonyl (C=O) groups excluding carboxylic acids is 1. The zero-order valence-corrected chi connectivity index (χ0v) is 20.0. The molecular weight excluding hydrogens is 472 g/mol. The molecule has 2 aromatic rings. The number of hydrogen-bond acceptors (Lipinski definition) is 6. The highest BCUT2D eigenvalue weighted by molar-refractivity contribution is 9.10. The Kier molecular flexibility index (Phi) is 8.75. The van der Waals surface area contributed by atoms with Crippen molar-refractivity contribution in [3.8, 4) is 0 Å². The fourth-order valence-corrected chi connectivity index (χ4v) is 4.39. The topological polar surface area (TPSA) is 110 Å². The summed E-state index contributed by atoms with van der Waals surface area (Å²) in [5, 5.41) is 0. The number of aromatic nitrogens is 2. The fraction of sp³-hybridized carbons (Fsp3) is 0.450. The predicted octanol–water partition coefficient (Wildman–Crippen LogP) is 2.68. The summed E-state index contributed by atoms with van der Waals surface area (Å²) in [6.07, 6.45) is 0.652. The van der Waals surface area contributed by atoms with E-state index in [2.05, 4.69) is 20.9 Å². The lowest BCUT2D eigenvalue weighted by Gasteiger charge is -2.24. The minimum Gasteiger partial charge on any atom is -0.383 e. The van der Waals surface area contributed by atoms with Crippen molar-refractivity contribution >= 4 is 45.1 Å². The Morgan fingerprint density at radius 3 is 2.63 bits per heavy atom. The van der Waals surface area contributed by atoms with Gasteiger partial charge in [-0.2, -0.15) is 0 Å². The number of amides is 1. The summed E-state index contributed by atoms with van der Waals surface area (Å²) in [4.78, 5) is 42.3. The number of ether oxygens (including phenoxy) is 1. The van der Waals surface area contributed by atoms with E-state index in [9.17, 15) is 14.4 Å². The summed E-state index contributed by atoms with van der Waals surface area (Å²) in [5.74, 6) is -0.205. The van der Waals surface area contributed by atoms with Gasteiger partial charge in [0, 0.05) is 29.6 Å². The van der Waals surface area contributed by atoms with Crippen molar-refractivity contribution in [3.63, 3.8) is 0 Å². The van der Waals surface area contributed by atoms with E-state index in [1.54, 1.807) is 0 Å². The number of aromatic amines is 1. The highest BCUT2D eigenvalue weighted by Gasteiger charge is 2.24. The Morgan fingerprint density at radius 1 is 1.30 bits per heavy atom. The molecule has 0 fully saturated rings. The summed E-state index contributed by atoms with van der Waals surface area (Å²) in [5.41, 5.74) is 6.97. The molecule has 2 rings (SSSR count). The van der Waals surface area contributed by atoms with Gasteiger partial charge in [0.15, 0.2) is 5.69 Å². The van der Waals surface area contributed by atoms with Gasteiger partial charge in [0.25, 0.3) is 5.56 Å². The van der Waals surface area contributed by atoms with Crippen LogP contribution in [0.5, 0.6) is 0 Å². The van der Waals surface area contributed by atoms with Crippen LogP contribution in [0.4, 0.5) is 11.5 Å². The first-order valence-electron chi connectivity index (χ1n) is 9.52. The van der Waals surface area contributed by atoms with E-state index < -0.39 is 11.2 Å². The van der Waals surface area contributed by atoms with Gasteiger partial charge in [0.2, 0.25) is 5.91 Å². The molecule has 0 aliphatic carbocycles. The molecule has 0 aliphatic heterocycles. The van der Waals surface area contributed by atoms with Gasteiger partial charge >= 0.3 is 5.69 Å². The van der Waals surface area contributed by atoms with Crippen molar-refractivity contribution < 1.29 is 9.53 Å². The van der Waals surface area contributed by atoms with Crippen LogP contribution in [0, 0.1) is 13.8 Å². The molecule has 0 bridgehead atoms. The molecule has 164 valence electrons. The molecule has 30 heavy (non-hydrogen) atoms. The van der Waals surface area contributed by atoms with Crippen LogP contribution in [0.3, 0.4) is 0 Å². The second kappa shape index (κ2) is 10.8. The van der Waals surface area contributed by atoms with E-state index in [-0.39, 0.29) is 36.3 Å². The first kappa shape index (κ1) is 24.2. The number of benzene rings is 1. The van der Waals surface area contributed by atoms with E-state index in [1.807, 2.05) is 32.9 Å². The molecule has 1 aromatic heterocycles. The maximum absolute atomic E-state index is 13.1. The smallest absolute Gasteiger partial charge is 0.330 e. The maximum Gasteiger partial charge on any atom is 0.330 e. The molecule has 1 amide bonds. The van der Waals surface area contributed by atoms with Crippen molar-refractivity contribution in [2.24, 2.45) is 0 Å². The molecule has 0 saturated heterocycles. The number of nitrogens with one attached hydrogen (secondary N) is 1. The van der Waals surface area contributed by atoms with Crippen LogP contribution >= 0.6 is 27.7 Å². The molecule has 0 aliphatic rings.